The van der Waals surface area contributed by atoms with E-state index in [0.29, 0.717) is 43.1 Å². The van der Waals surface area contributed by atoms with E-state index in [9.17, 15) is 9.18 Å². The van der Waals surface area contributed by atoms with Gasteiger partial charge in [0.1, 0.15) is 5.82 Å². The Morgan fingerprint density at radius 1 is 1.09 bits per heavy atom. The maximum atomic E-state index is 13.0. The highest BCUT2D eigenvalue weighted by molar-refractivity contribution is 5.76. The van der Waals surface area contributed by atoms with Crippen LogP contribution in [0, 0.1) is 5.82 Å². The number of halogens is 1. The molecule has 0 spiro atoms. The first-order chi connectivity index (χ1) is 15.6. The van der Waals surface area contributed by atoms with E-state index in [4.69, 9.17) is 4.52 Å². The first kappa shape index (κ1) is 22.0. The number of likely N-dealkylation sites (N-methyl/N-ethyl adjacent to an activating group) is 1. The highest BCUT2D eigenvalue weighted by Crippen LogP contribution is 2.22. The number of benzene rings is 2. The lowest BCUT2D eigenvalue weighted by Gasteiger charge is -2.35. The third-order valence-electron chi connectivity index (χ3n) is 5.68. The van der Waals surface area contributed by atoms with Crippen LogP contribution in [0.1, 0.15) is 24.3 Å². The first-order valence-electron chi connectivity index (χ1n) is 10.9. The van der Waals surface area contributed by atoms with Crippen LogP contribution in [0.25, 0.3) is 11.4 Å². The minimum atomic E-state index is -0.311. The fraction of sp³-hybridized carbons (Fsp3) is 0.375. The average molecular weight is 438 g/mol. The average Bonchev–Trinajstić information content (AvgIpc) is 3.28. The molecule has 7 nitrogen and oxygen atoms in total. The molecule has 0 aliphatic carbocycles. The number of hydrogen-bond acceptors (Lipinski definition) is 6. The van der Waals surface area contributed by atoms with E-state index in [2.05, 4.69) is 44.4 Å². The molecule has 1 amide bonds. The highest BCUT2D eigenvalue weighted by Gasteiger charge is 2.17. The summed E-state index contributed by atoms with van der Waals surface area (Å²) in [5.41, 5.74) is 3.02. The van der Waals surface area contributed by atoms with Gasteiger partial charge in [0.25, 0.3) is 0 Å². The molecule has 0 saturated carbocycles. The molecule has 2 heterocycles. The predicted molar refractivity (Wildman–Crippen MR) is 121 cm³/mol. The van der Waals surface area contributed by atoms with Crippen LogP contribution in [0.5, 0.6) is 0 Å². The van der Waals surface area contributed by atoms with Gasteiger partial charge in [-0.1, -0.05) is 23.4 Å². The van der Waals surface area contributed by atoms with Gasteiger partial charge in [-0.05, 0) is 49.4 Å². The maximum Gasteiger partial charge on any atom is 0.226 e. The Bertz CT molecular complexity index is 1030. The van der Waals surface area contributed by atoms with Crippen LogP contribution in [0.15, 0.2) is 53.1 Å². The molecule has 1 N–H and O–H groups in total. The SMILES string of the molecule is CN1CCN(c2ccccc2CNC(=O)CCCc2nc(-c3ccc(F)cc3)no2)CC1. The quantitative estimate of drug-likeness (QED) is 0.583. The van der Waals surface area contributed by atoms with Gasteiger partial charge in [-0.25, -0.2) is 4.39 Å². The Hall–Kier alpha value is -3.26. The van der Waals surface area contributed by atoms with E-state index >= 15 is 0 Å². The topological polar surface area (TPSA) is 74.5 Å². The van der Waals surface area contributed by atoms with Gasteiger partial charge in [0.15, 0.2) is 0 Å². The van der Waals surface area contributed by atoms with Gasteiger partial charge in [-0.2, -0.15) is 4.98 Å². The second-order valence-electron chi connectivity index (χ2n) is 8.07. The zero-order valence-corrected chi connectivity index (χ0v) is 18.3. The number of carbonyl (C=O) groups is 1. The minimum Gasteiger partial charge on any atom is -0.369 e. The van der Waals surface area contributed by atoms with Gasteiger partial charge < -0.3 is 19.6 Å². The summed E-state index contributed by atoms with van der Waals surface area (Å²) in [7, 11) is 2.14. The van der Waals surface area contributed by atoms with Gasteiger partial charge in [0.05, 0.1) is 0 Å². The van der Waals surface area contributed by atoms with Crippen molar-refractivity contribution >= 4 is 11.6 Å². The lowest BCUT2D eigenvalue weighted by atomic mass is 10.1. The molecule has 0 atom stereocenters. The van der Waals surface area contributed by atoms with Crippen LogP contribution in [0.3, 0.4) is 0 Å². The van der Waals surface area contributed by atoms with Crippen molar-refractivity contribution < 1.29 is 13.7 Å². The van der Waals surface area contributed by atoms with Crippen LogP contribution >= 0.6 is 0 Å². The Kier molecular flexibility index (Phi) is 7.11. The molecule has 4 rings (SSSR count). The summed E-state index contributed by atoms with van der Waals surface area (Å²) < 4.78 is 18.3. The summed E-state index contributed by atoms with van der Waals surface area (Å²) >= 11 is 0. The largest absolute Gasteiger partial charge is 0.369 e. The molecule has 32 heavy (non-hydrogen) atoms. The number of aryl methyl sites for hydroxylation is 1. The number of hydrogen-bond donors (Lipinski definition) is 1. The van der Waals surface area contributed by atoms with E-state index in [1.54, 1.807) is 12.1 Å². The lowest BCUT2D eigenvalue weighted by molar-refractivity contribution is -0.121. The number of anilines is 1. The van der Waals surface area contributed by atoms with Crippen molar-refractivity contribution in [3.05, 3.63) is 65.8 Å². The van der Waals surface area contributed by atoms with Crippen LogP contribution in [0.4, 0.5) is 10.1 Å². The van der Waals surface area contributed by atoms with Crippen molar-refractivity contribution in [3.8, 4) is 11.4 Å². The molecule has 8 heteroatoms. The zero-order valence-electron chi connectivity index (χ0n) is 18.3. The molecular weight excluding hydrogens is 409 g/mol. The molecule has 2 aromatic carbocycles. The smallest absolute Gasteiger partial charge is 0.226 e. The van der Waals surface area contributed by atoms with Crippen LogP contribution in [0.2, 0.25) is 0 Å². The molecule has 168 valence electrons. The van der Waals surface area contributed by atoms with E-state index in [1.165, 1.54) is 17.8 Å². The van der Waals surface area contributed by atoms with E-state index in [0.717, 1.165) is 31.7 Å². The Morgan fingerprint density at radius 3 is 2.62 bits per heavy atom. The first-order valence-corrected chi connectivity index (χ1v) is 10.9. The van der Waals surface area contributed by atoms with Gasteiger partial charge in [-0.15, -0.1) is 0 Å². The molecule has 1 saturated heterocycles. The molecule has 1 aromatic heterocycles. The van der Waals surface area contributed by atoms with Gasteiger partial charge in [-0.3, -0.25) is 4.79 Å². The fourth-order valence-corrected chi connectivity index (χ4v) is 3.77. The molecule has 0 unspecified atom stereocenters. The third-order valence-corrected chi connectivity index (χ3v) is 5.68. The molecule has 1 aliphatic rings. The number of piperazine rings is 1. The number of rotatable bonds is 8. The third kappa shape index (κ3) is 5.70. The van der Waals surface area contributed by atoms with Crippen molar-refractivity contribution in [2.24, 2.45) is 0 Å². The van der Waals surface area contributed by atoms with E-state index in [1.807, 2.05) is 12.1 Å². The van der Waals surface area contributed by atoms with Crippen LogP contribution < -0.4 is 10.2 Å². The van der Waals surface area contributed by atoms with Crippen LogP contribution in [-0.2, 0) is 17.8 Å². The van der Waals surface area contributed by atoms with Gasteiger partial charge >= 0.3 is 0 Å². The lowest BCUT2D eigenvalue weighted by Crippen LogP contribution is -2.45. The van der Waals surface area contributed by atoms with Gasteiger partial charge in [0, 0.05) is 56.8 Å². The summed E-state index contributed by atoms with van der Waals surface area (Å²) in [6, 6.07) is 14.2. The number of nitrogens with zero attached hydrogens (tertiary/aromatic N) is 4. The minimum absolute atomic E-state index is 0.00328. The molecular formula is C24H28FN5O2. The Morgan fingerprint density at radius 2 is 1.84 bits per heavy atom. The zero-order chi connectivity index (χ0) is 22.3. The molecule has 0 radical (unpaired) electrons. The summed E-state index contributed by atoms with van der Waals surface area (Å²) in [6.45, 7) is 4.58. The van der Waals surface area contributed by atoms with Crippen LogP contribution in [-0.4, -0.2) is 54.2 Å². The number of carbonyl (C=O) groups excluding carboxylic acids is 1. The predicted octanol–water partition coefficient (Wildman–Crippen LogP) is 3.27. The Labute approximate surface area is 187 Å². The van der Waals surface area contributed by atoms with Crippen molar-refractivity contribution in [1.82, 2.24) is 20.4 Å². The highest BCUT2D eigenvalue weighted by atomic mass is 19.1. The fourth-order valence-electron chi connectivity index (χ4n) is 3.77. The summed E-state index contributed by atoms with van der Waals surface area (Å²) in [4.78, 5) is 21.4. The van der Waals surface area contributed by atoms with Gasteiger partial charge in [0.2, 0.25) is 17.6 Å². The summed E-state index contributed by atoms with van der Waals surface area (Å²) in [6.07, 6.45) is 1.50. The second-order valence-corrected chi connectivity index (χ2v) is 8.07. The monoisotopic (exact) mass is 437 g/mol. The van der Waals surface area contributed by atoms with Crippen molar-refractivity contribution in [2.45, 2.75) is 25.8 Å². The number of aromatic nitrogens is 2. The van der Waals surface area contributed by atoms with Crippen molar-refractivity contribution in [3.63, 3.8) is 0 Å². The summed E-state index contributed by atoms with van der Waals surface area (Å²) in [5.74, 6) is 0.577. The Balaban J connectivity index is 1.24. The van der Waals surface area contributed by atoms with Crippen molar-refractivity contribution in [1.29, 1.82) is 0 Å². The van der Waals surface area contributed by atoms with E-state index < -0.39 is 0 Å². The molecule has 1 fully saturated rings. The number of para-hydroxylation sites is 1. The summed E-state index contributed by atoms with van der Waals surface area (Å²) in [5, 5.41) is 6.96. The van der Waals surface area contributed by atoms with Crippen molar-refractivity contribution in [2.75, 3.05) is 38.1 Å². The molecule has 1 aliphatic heterocycles. The second kappa shape index (κ2) is 10.4. The normalized spacial score (nSPS) is 14.5. The number of amides is 1. The standard InChI is InChI=1S/C24H28FN5O2/c1-29-13-15-30(16-14-29)21-6-3-2-5-19(21)17-26-22(31)7-4-8-23-27-24(28-32-23)18-9-11-20(25)12-10-18/h2-3,5-6,9-12H,4,7-8,13-17H2,1H3,(H,26,31). The maximum absolute atomic E-state index is 13.0. The molecule has 0 bridgehead atoms. The number of nitrogens with one attached hydrogen (secondary N) is 1. The molecule has 3 aromatic rings. The van der Waals surface area contributed by atoms with E-state index in [-0.39, 0.29) is 11.7 Å².